The van der Waals surface area contributed by atoms with Gasteiger partial charge in [-0.25, -0.2) is 4.39 Å². The number of hydrogen-bond acceptors (Lipinski definition) is 2. The molecule has 0 aliphatic carbocycles. The summed E-state index contributed by atoms with van der Waals surface area (Å²) < 4.78 is 13.2. The van der Waals surface area contributed by atoms with Crippen LogP contribution in [0.15, 0.2) is 18.2 Å². The molecule has 0 saturated carbocycles. The number of hydrogen-bond donors (Lipinski definition) is 2. The van der Waals surface area contributed by atoms with E-state index in [1.165, 1.54) is 12.1 Å². The minimum absolute atomic E-state index is 0.0672. The number of carbonyl (C=O) groups is 1. The summed E-state index contributed by atoms with van der Waals surface area (Å²) in [4.78, 5) is 13.6. The third-order valence-corrected chi connectivity index (χ3v) is 3.43. The first kappa shape index (κ1) is 13.5. The molecule has 102 valence electrons. The maximum absolute atomic E-state index is 13.2. The Hall–Kier alpha value is -1.91. The van der Waals surface area contributed by atoms with Crippen molar-refractivity contribution in [1.82, 2.24) is 10.2 Å². The first-order valence-corrected chi connectivity index (χ1v) is 6.19. The predicted octanol–water partition coefficient (Wildman–Crippen LogP) is 1.74. The Morgan fingerprint density at radius 2 is 2.21 bits per heavy atom. The van der Waals surface area contributed by atoms with Crippen molar-refractivity contribution in [1.29, 1.82) is 5.41 Å². The molecule has 2 rings (SSSR count). The summed E-state index contributed by atoms with van der Waals surface area (Å²) >= 11 is 0. The highest BCUT2D eigenvalue weighted by atomic mass is 19.1. The Labute approximate surface area is 112 Å². The molecule has 2 N–H and O–H groups in total. The number of halogens is 1. The number of nitrogens with one attached hydrogen (secondary N) is 2. The van der Waals surface area contributed by atoms with Gasteiger partial charge in [0.2, 0.25) is 5.91 Å². The number of nitrogens with zero attached hydrogens (tertiary/aromatic N) is 1. The number of amides is 1. The van der Waals surface area contributed by atoms with Crippen LogP contribution in [-0.2, 0) is 11.3 Å². The van der Waals surface area contributed by atoms with Crippen LogP contribution < -0.4 is 5.32 Å². The van der Waals surface area contributed by atoms with Crippen molar-refractivity contribution in [2.45, 2.75) is 20.4 Å². The molecular formula is C14H18FN3O. The fourth-order valence-electron chi connectivity index (χ4n) is 2.38. The molecule has 0 unspecified atom stereocenters. The molecule has 1 amide bonds. The van der Waals surface area contributed by atoms with Gasteiger partial charge in [-0.2, -0.15) is 0 Å². The molecule has 1 aliphatic heterocycles. The molecule has 0 aromatic heterocycles. The lowest BCUT2D eigenvalue weighted by Gasteiger charge is -2.29. The van der Waals surface area contributed by atoms with Crippen LogP contribution in [0.3, 0.4) is 0 Å². The monoisotopic (exact) mass is 263 g/mol. The molecule has 0 atom stereocenters. The average molecular weight is 263 g/mol. The second-order valence-corrected chi connectivity index (χ2v) is 5.47. The van der Waals surface area contributed by atoms with E-state index in [1.54, 1.807) is 18.0 Å². The maximum atomic E-state index is 13.2. The van der Waals surface area contributed by atoms with Crippen molar-refractivity contribution in [2.75, 3.05) is 13.6 Å². The summed E-state index contributed by atoms with van der Waals surface area (Å²) in [6, 6.07) is 4.48. The Morgan fingerprint density at radius 1 is 1.53 bits per heavy atom. The molecule has 0 bridgehead atoms. The van der Waals surface area contributed by atoms with E-state index in [2.05, 4.69) is 5.32 Å². The molecule has 0 saturated heterocycles. The summed E-state index contributed by atoms with van der Waals surface area (Å²) in [6.07, 6.45) is 0. The second kappa shape index (κ2) is 4.64. The molecule has 1 aromatic rings. The van der Waals surface area contributed by atoms with Gasteiger partial charge in [-0.05, 0) is 31.5 Å². The van der Waals surface area contributed by atoms with E-state index in [-0.39, 0.29) is 17.6 Å². The number of fused-ring (bicyclic) bond motifs is 1. The van der Waals surface area contributed by atoms with E-state index >= 15 is 0 Å². The Kier molecular flexibility index (Phi) is 3.30. The minimum atomic E-state index is -0.596. The molecule has 1 aromatic carbocycles. The molecule has 0 fully saturated rings. The lowest BCUT2D eigenvalue weighted by molar-refractivity contribution is -0.129. The highest BCUT2D eigenvalue weighted by Gasteiger charge is 2.33. The maximum Gasteiger partial charge on any atom is 0.227 e. The third-order valence-electron chi connectivity index (χ3n) is 3.43. The first-order chi connectivity index (χ1) is 8.85. The van der Waals surface area contributed by atoms with Crippen LogP contribution in [0.2, 0.25) is 0 Å². The zero-order chi connectivity index (χ0) is 14.2. The number of amidine groups is 1. The zero-order valence-electron chi connectivity index (χ0n) is 11.4. The number of rotatable bonds is 3. The van der Waals surface area contributed by atoms with Crippen LogP contribution in [0.5, 0.6) is 0 Å². The number of carbonyl (C=O) groups excluding carboxylic acids is 1. The minimum Gasteiger partial charge on any atom is -0.359 e. The van der Waals surface area contributed by atoms with Crippen LogP contribution >= 0.6 is 0 Å². The highest BCUT2D eigenvalue weighted by Crippen LogP contribution is 2.27. The first-order valence-electron chi connectivity index (χ1n) is 6.19. The lowest BCUT2D eigenvalue weighted by Crippen LogP contribution is -2.44. The van der Waals surface area contributed by atoms with Crippen molar-refractivity contribution >= 4 is 11.7 Å². The SMILES string of the molecule is CNC(=O)C(C)(C)CN1Cc2ccc(F)cc2C1=N. The van der Waals surface area contributed by atoms with Crippen LogP contribution in [-0.4, -0.2) is 30.2 Å². The van der Waals surface area contributed by atoms with E-state index in [0.717, 1.165) is 5.56 Å². The van der Waals surface area contributed by atoms with Crippen LogP contribution in [0.4, 0.5) is 4.39 Å². The van der Waals surface area contributed by atoms with Crippen LogP contribution in [0.1, 0.15) is 25.0 Å². The van der Waals surface area contributed by atoms with E-state index < -0.39 is 5.41 Å². The average Bonchev–Trinajstić information content (AvgIpc) is 2.65. The Balaban J connectivity index is 2.19. The van der Waals surface area contributed by atoms with Gasteiger partial charge in [0.25, 0.3) is 0 Å². The topological polar surface area (TPSA) is 56.2 Å². The second-order valence-electron chi connectivity index (χ2n) is 5.47. The summed E-state index contributed by atoms with van der Waals surface area (Å²) in [5.41, 5.74) is 0.952. The van der Waals surface area contributed by atoms with Gasteiger partial charge in [0, 0.05) is 25.7 Å². The van der Waals surface area contributed by atoms with E-state index in [4.69, 9.17) is 5.41 Å². The molecule has 1 heterocycles. The van der Waals surface area contributed by atoms with Crippen molar-refractivity contribution in [2.24, 2.45) is 5.41 Å². The third kappa shape index (κ3) is 2.45. The van der Waals surface area contributed by atoms with Gasteiger partial charge in [-0.15, -0.1) is 0 Å². The highest BCUT2D eigenvalue weighted by molar-refractivity contribution is 6.00. The normalized spacial score (nSPS) is 14.5. The van der Waals surface area contributed by atoms with E-state index in [9.17, 15) is 9.18 Å². The van der Waals surface area contributed by atoms with Crippen molar-refractivity contribution < 1.29 is 9.18 Å². The van der Waals surface area contributed by atoms with Gasteiger partial charge < -0.3 is 10.2 Å². The van der Waals surface area contributed by atoms with Crippen molar-refractivity contribution in [3.05, 3.63) is 35.1 Å². The van der Waals surface area contributed by atoms with Gasteiger partial charge in [-0.3, -0.25) is 10.2 Å². The Morgan fingerprint density at radius 3 is 2.84 bits per heavy atom. The van der Waals surface area contributed by atoms with Crippen molar-refractivity contribution in [3.63, 3.8) is 0 Å². The van der Waals surface area contributed by atoms with Gasteiger partial charge in [0.1, 0.15) is 11.7 Å². The Bertz CT molecular complexity index is 539. The fraction of sp³-hybridized carbons (Fsp3) is 0.429. The van der Waals surface area contributed by atoms with Crippen LogP contribution in [0.25, 0.3) is 0 Å². The largest absolute Gasteiger partial charge is 0.359 e. The molecule has 19 heavy (non-hydrogen) atoms. The predicted molar refractivity (Wildman–Crippen MR) is 71.5 cm³/mol. The van der Waals surface area contributed by atoms with Gasteiger partial charge >= 0.3 is 0 Å². The number of benzene rings is 1. The molecule has 1 aliphatic rings. The molecule has 4 nitrogen and oxygen atoms in total. The summed E-state index contributed by atoms with van der Waals surface area (Å²) in [7, 11) is 1.60. The van der Waals surface area contributed by atoms with Crippen molar-refractivity contribution in [3.8, 4) is 0 Å². The lowest BCUT2D eigenvalue weighted by atomic mass is 9.91. The van der Waals surface area contributed by atoms with Gasteiger partial charge in [0.05, 0.1) is 5.41 Å². The zero-order valence-corrected chi connectivity index (χ0v) is 11.4. The summed E-state index contributed by atoms with van der Waals surface area (Å²) in [5.74, 6) is -0.121. The van der Waals surface area contributed by atoms with Crippen LogP contribution in [0, 0.1) is 16.6 Å². The fourth-order valence-corrected chi connectivity index (χ4v) is 2.38. The summed E-state index contributed by atoms with van der Waals surface area (Å²) in [5, 5.41) is 10.7. The molecular weight excluding hydrogens is 245 g/mol. The van der Waals surface area contributed by atoms with Gasteiger partial charge in [-0.1, -0.05) is 6.07 Å². The van der Waals surface area contributed by atoms with Gasteiger partial charge in [0.15, 0.2) is 0 Å². The summed E-state index contributed by atoms with van der Waals surface area (Å²) in [6.45, 7) is 4.65. The molecule has 0 radical (unpaired) electrons. The quantitative estimate of drug-likeness (QED) is 0.872. The van der Waals surface area contributed by atoms with E-state index in [1.807, 2.05) is 13.8 Å². The standard InChI is InChI=1S/C14H18FN3O/c1-14(2,13(19)17-3)8-18-7-9-4-5-10(15)6-11(9)12(18)16/h4-6,16H,7-8H2,1-3H3,(H,17,19). The molecule has 5 heteroatoms. The van der Waals surface area contributed by atoms with E-state index in [0.29, 0.717) is 18.7 Å². The smallest absolute Gasteiger partial charge is 0.227 e. The molecule has 0 spiro atoms.